The molecule has 6 heteroatoms. The molecule has 0 radical (unpaired) electrons. The Morgan fingerprint density at radius 2 is 2.05 bits per heavy atom. The van der Waals surface area contributed by atoms with Crippen molar-refractivity contribution in [1.82, 2.24) is 0 Å². The van der Waals surface area contributed by atoms with Gasteiger partial charge in [0.1, 0.15) is 5.75 Å². The summed E-state index contributed by atoms with van der Waals surface area (Å²) in [4.78, 5) is 10.5. The normalized spacial score (nSPS) is 12.2. The third-order valence-corrected chi connectivity index (χ3v) is 2.92. The molecule has 0 aliphatic carbocycles. The molecule has 1 aromatic carbocycles. The number of hydrogen-bond donors (Lipinski definition) is 1. The number of nitrogens with zero attached hydrogens (tertiary/aromatic N) is 1. The zero-order chi connectivity index (χ0) is 15.1. The molecule has 1 unspecified atom stereocenters. The lowest BCUT2D eigenvalue weighted by molar-refractivity contribution is -0.384. The Morgan fingerprint density at radius 1 is 1.35 bits per heavy atom. The fourth-order valence-corrected chi connectivity index (χ4v) is 1.82. The summed E-state index contributed by atoms with van der Waals surface area (Å²) < 4.78 is 10.5. The summed E-state index contributed by atoms with van der Waals surface area (Å²) in [6.45, 7) is 6.97. The zero-order valence-corrected chi connectivity index (χ0v) is 12.4. The molecule has 0 aliphatic heterocycles. The molecule has 1 N–H and O–H groups in total. The second-order valence-corrected chi connectivity index (χ2v) is 4.86. The molecule has 0 fully saturated rings. The number of nitrogens with one attached hydrogen (secondary N) is 1. The van der Waals surface area contributed by atoms with E-state index in [9.17, 15) is 10.1 Å². The van der Waals surface area contributed by atoms with Gasteiger partial charge in [-0.1, -0.05) is 13.8 Å². The third-order valence-electron chi connectivity index (χ3n) is 2.92. The number of nitro groups is 1. The van der Waals surface area contributed by atoms with E-state index in [1.165, 1.54) is 12.1 Å². The van der Waals surface area contributed by atoms with Gasteiger partial charge in [0.15, 0.2) is 0 Å². The van der Waals surface area contributed by atoms with Gasteiger partial charge in [0, 0.05) is 24.9 Å². The summed E-state index contributed by atoms with van der Waals surface area (Å²) in [6, 6.07) is 4.78. The van der Waals surface area contributed by atoms with Crippen LogP contribution in [0.1, 0.15) is 20.8 Å². The van der Waals surface area contributed by atoms with Crippen LogP contribution in [0.2, 0.25) is 0 Å². The highest BCUT2D eigenvalue weighted by atomic mass is 16.6. The Labute approximate surface area is 119 Å². The van der Waals surface area contributed by atoms with Crippen LogP contribution < -0.4 is 10.1 Å². The van der Waals surface area contributed by atoms with E-state index in [2.05, 4.69) is 19.2 Å². The molecule has 0 aromatic heterocycles. The maximum absolute atomic E-state index is 11.0. The monoisotopic (exact) mass is 282 g/mol. The van der Waals surface area contributed by atoms with Crippen LogP contribution in [-0.2, 0) is 4.74 Å². The first-order valence-corrected chi connectivity index (χ1v) is 6.65. The minimum absolute atomic E-state index is 0.0124. The average molecular weight is 282 g/mol. The van der Waals surface area contributed by atoms with Crippen molar-refractivity contribution in [3.8, 4) is 5.75 Å². The topological polar surface area (TPSA) is 73.6 Å². The number of ether oxygens (including phenoxy) is 2. The molecule has 0 aliphatic rings. The molecule has 0 saturated heterocycles. The first-order chi connectivity index (χ1) is 9.47. The Kier molecular flexibility index (Phi) is 6.24. The molecule has 1 aromatic rings. The fourth-order valence-electron chi connectivity index (χ4n) is 1.82. The zero-order valence-electron chi connectivity index (χ0n) is 12.4. The second-order valence-electron chi connectivity index (χ2n) is 4.86. The molecule has 0 amide bonds. The van der Waals surface area contributed by atoms with Crippen LogP contribution in [0, 0.1) is 16.0 Å². The van der Waals surface area contributed by atoms with Crippen molar-refractivity contribution in [3.63, 3.8) is 0 Å². The van der Waals surface area contributed by atoms with Crippen molar-refractivity contribution >= 4 is 11.4 Å². The molecule has 112 valence electrons. The molecule has 0 spiro atoms. The summed E-state index contributed by atoms with van der Waals surface area (Å²) >= 11 is 0. The van der Waals surface area contributed by atoms with E-state index in [0.717, 1.165) is 0 Å². The Bertz CT molecular complexity index is 449. The number of nitro benzene ring substituents is 1. The molecule has 1 rings (SSSR count). The first-order valence-electron chi connectivity index (χ1n) is 6.65. The number of anilines is 1. The Morgan fingerprint density at radius 3 is 2.55 bits per heavy atom. The van der Waals surface area contributed by atoms with Gasteiger partial charge in [-0.3, -0.25) is 10.1 Å². The minimum Gasteiger partial charge on any atom is -0.494 e. The number of rotatable bonds is 8. The smallest absolute Gasteiger partial charge is 0.275 e. The highest BCUT2D eigenvalue weighted by Crippen LogP contribution is 2.27. The summed E-state index contributed by atoms with van der Waals surface area (Å²) in [5.41, 5.74) is 0.678. The summed E-state index contributed by atoms with van der Waals surface area (Å²) in [7, 11) is 1.64. The van der Waals surface area contributed by atoms with Gasteiger partial charge >= 0.3 is 0 Å². The number of methoxy groups -OCH3 is 1. The van der Waals surface area contributed by atoms with E-state index in [0.29, 0.717) is 30.6 Å². The third kappa shape index (κ3) is 4.70. The summed E-state index contributed by atoms with van der Waals surface area (Å²) in [5, 5.41) is 14.2. The fraction of sp³-hybridized carbons (Fsp3) is 0.571. The first kappa shape index (κ1) is 16.2. The maximum atomic E-state index is 11.0. The average Bonchev–Trinajstić information content (AvgIpc) is 2.38. The molecule has 20 heavy (non-hydrogen) atoms. The molecule has 0 heterocycles. The number of benzene rings is 1. The van der Waals surface area contributed by atoms with Gasteiger partial charge in [-0.15, -0.1) is 0 Å². The predicted octanol–water partition coefficient (Wildman–Crippen LogP) is 3.08. The van der Waals surface area contributed by atoms with Crippen molar-refractivity contribution in [1.29, 1.82) is 0 Å². The van der Waals surface area contributed by atoms with Crippen LogP contribution in [0.5, 0.6) is 5.75 Å². The van der Waals surface area contributed by atoms with E-state index < -0.39 is 4.92 Å². The van der Waals surface area contributed by atoms with Gasteiger partial charge in [-0.25, -0.2) is 0 Å². The molecular weight excluding hydrogens is 260 g/mol. The largest absolute Gasteiger partial charge is 0.494 e. The predicted molar refractivity (Wildman–Crippen MR) is 78.4 cm³/mol. The van der Waals surface area contributed by atoms with Crippen LogP contribution in [0.15, 0.2) is 18.2 Å². The molecule has 0 bridgehead atoms. The van der Waals surface area contributed by atoms with E-state index >= 15 is 0 Å². The molecule has 0 saturated carbocycles. The van der Waals surface area contributed by atoms with Crippen molar-refractivity contribution in [2.45, 2.75) is 26.8 Å². The molecule has 6 nitrogen and oxygen atoms in total. The van der Waals surface area contributed by atoms with E-state index in [1.54, 1.807) is 13.2 Å². The van der Waals surface area contributed by atoms with Crippen LogP contribution in [0.25, 0.3) is 0 Å². The number of non-ortho nitro benzene ring substituents is 1. The van der Waals surface area contributed by atoms with E-state index in [-0.39, 0.29) is 11.7 Å². The van der Waals surface area contributed by atoms with Crippen LogP contribution in [-0.4, -0.2) is 31.3 Å². The molecular formula is C14H22N2O4. The standard InChI is InChI=1S/C14H22N2O4/c1-5-20-13-7-11(6-12(8-13)16(17)18)15-14(9-19-4)10(2)3/h6-8,10,14-15H,5,9H2,1-4H3. The number of hydrogen-bond acceptors (Lipinski definition) is 5. The van der Waals surface area contributed by atoms with Crippen molar-refractivity contribution in [3.05, 3.63) is 28.3 Å². The summed E-state index contributed by atoms with van der Waals surface area (Å²) in [5.74, 6) is 0.828. The Hall–Kier alpha value is -1.82. The van der Waals surface area contributed by atoms with Crippen molar-refractivity contribution in [2.24, 2.45) is 5.92 Å². The van der Waals surface area contributed by atoms with E-state index in [1.807, 2.05) is 6.92 Å². The summed E-state index contributed by atoms with van der Waals surface area (Å²) in [6.07, 6.45) is 0. The van der Waals surface area contributed by atoms with Gasteiger partial charge in [-0.2, -0.15) is 0 Å². The maximum Gasteiger partial charge on any atom is 0.275 e. The van der Waals surface area contributed by atoms with Gasteiger partial charge in [0.2, 0.25) is 0 Å². The minimum atomic E-state index is -0.422. The van der Waals surface area contributed by atoms with Gasteiger partial charge in [0.05, 0.1) is 30.2 Å². The lowest BCUT2D eigenvalue weighted by atomic mass is 10.0. The van der Waals surface area contributed by atoms with Crippen LogP contribution >= 0.6 is 0 Å². The van der Waals surface area contributed by atoms with Gasteiger partial charge in [0.25, 0.3) is 5.69 Å². The lowest BCUT2D eigenvalue weighted by Gasteiger charge is -2.23. The van der Waals surface area contributed by atoms with Crippen LogP contribution in [0.4, 0.5) is 11.4 Å². The highest BCUT2D eigenvalue weighted by Gasteiger charge is 2.16. The van der Waals surface area contributed by atoms with E-state index in [4.69, 9.17) is 9.47 Å². The highest BCUT2D eigenvalue weighted by molar-refractivity contribution is 5.56. The van der Waals surface area contributed by atoms with Crippen LogP contribution in [0.3, 0.4) is 0 Å². The lowest BCUT2D eigenvalue weighted by Crippen LogP contribution is -2.30. The van der Waals surface area contributed by atoms with Crippen molar-refractivity contribution < 1.29 is 14.4 Å². The molecule has 1 atom stereocenters. The van der Waals surface area contributed by atoms with Gasteiger partial charge in [-0.05, 0) is 12.8 Å². The Balaban J connectivity index is 2.99. The quantitative estimate of drug-likeness (QED) is 0.586. The second kappa shape index (κ2) is 7.69. The van der Waals surface area contributed by atoms with Gasteiger partial charge < -0.3 is 14.8 Å². The van der Waals surface area contributed by atoms with Crippen molar-refractivity contribution in [2.75, 3.05) is 25.6 Å². The SMILES string of the molecule is CCOc1cc(NC(COC)C(C)C)cc([N+](=O)[O-])c1.